The molecule has 3 nitrogen and oxygen atoms in total. The first-order chi connectivity index (χ1) is 8.94. The van der Waals surface area contributed by atoms with Crippen LogP contribution >= 0.6 is 0 Å². The molecule has 2 aliphatic heterocycles. The number of rotatable bonds is 3. The molecule has 2 heterocycles. The summed E-state index contributed by atoms with van der Waals surface area (Å²) in [5, 5.41) is 3.53. The molecule has 19 heavy (non-hydrogen) atoms. The molecule has 0 aromatic heterocycles. The summed E-state index contributed by atoms with van der Waals surface area (Å²) in [6.07, 6.45) is -1.58. The fourth-order valence-electron chi connectivity index (χ4n) is 3.02. The number of alkyl halides is 3. The molecule has 2 atom stereocenters. The maximum Gasteiger partial charge on any atom is 0.401 e. The molecule has 2 fully saturated rings. The average Bonchev–Trinajstić information content (AvgIpc) is 2.33. The Labute approximate surface area is 113 Å². The molecule has 1 N–H and O–H groups in total. The van der Waals surface area contributed by atoms with Gasteiger partial charge in [0.1, 0.15) is 0 Å². The lowest BCUT2D eigenvalue weighted by molar-refractivity contribution is -0.149. The van der Waals surface area contributed by atoms with Gasteiger partial charge in [-0.05, 0) is 25.3 Å². The molecule has 2 aliphatic rings. The van der Waals surface area contributed by atoms with Gasteiger partial charge in [0.2, 0.25) is 0 Å². The second kappa shape index (κ2) is 6.41. The third kappa shape index (κ3) is 4.93. The van der Waals surface area contributed by atoms with E-state index in [1.807, 2.05) is 0 Å². The minimum absolute atomic E-state index is 0.503. The molecule has 112 valence electrons. The van der Waals surface area contributed by atoms with E-state index in [9.17, 15) is 13.2 Å². The van der Waals surface area contributed by atoms with E-state index in [4.69, 9.17) is 0 Å². The van der Waals surface area contributed by atoms with Crippen LogP contribution in [-0.2, 0) is 0 Å². The second-order valence-corrected chi connectivity index (χ2v) is 5.87. The maximum atomic E-state index is 12.3. The first kappa shape index (κ1) is 15.1. The summed E-state index contributed by atoms with van der Waals surface area (Å²) in [5.74, 6) is 0.668. The lowest BCUT2D eigenvalue weighted by atomic mass is 9.92. The molecule has 0 bridgehead atoms. The Hall–Kier alpha value is -0.330. The van der Waals surface area contributed by atoms with Gasteiger partial charge in [0, 0.05) is 38.8 Å². The van der Waals surface area contributed by atoms with Crippen LogP contribution in [-0.4, -0.2) is 67.8 Å². The largest absolute Gasteiger partial charge is 0.401 e. The van der Waals surface area contributed by atoms with Gasteiger partial charge in [0.05, 0.1) is 6.54 Å². The van der Waals surface area contributed by atoms with E-state index in [1.54, 1.807) is 0 Å². The van der Waals surface area contributed by atoms with Gasteiger partial charge in [-0.1, -0.05) is 6.92 Å². The predicted molar refractivity (Wildman–Crippen MR) is 69.1 cm³/mol. The van der Waals surface area contributed by atoms with Crippen LogP contribution in [0.15, 0.2) is 0 Å². The Balaban J connectivity index is 1.71. The molecule has 2 saturated heterocycles. The van der Waals surface area contributed by atoms with E-state index in [0.29, 0.717) is 25.0 Å². The molecule has 6 heteroatoms. The molecule has 0 radical (unpaired) electrons. The van der Waals surface area contributed by atoms with Crippen molar-refractivity contribution in [2.45, 2.75) is 32.0 Å². The Morgan fingerprint density at radius 3 is 2.32 bits per heavy atom. The number of nitrogens with zero attached hydrogens (tertiary/aromatic N) is 2. The van der Waals surface area contributed by atoms with E-state index in [0.717, 1.165) is 26.2 Å². The van der Waals surface area contributed by atoms with Crippen LogP contribution < -0.4 is 5.32 Å². The lowest BCUT2D eigenvalue weighted by Crippen LogP contribution is -2.54. The monoisotopic (exact) mass is 279 g/mol. The van der Waals surface area contributed by atoms with Crippen molar-refractivity contribution >= 4 is 0 Å². The van der Waals surface area contributed by atoms with E-state index in [2.05, 4.69) is 17.1 Å². The Morgan fingerprint density at radius 2 is 1.74 bits per heavy atom. The summed E-state index contributed by atoms with van der Waals surface area (Å²) in [7, 11) is 0. The van der Waals surface area contributed by atoms with Crippen LogP contribution in [0.25, 0.3) is 0 Å². The van der Waals surface area contributed by atoms with E-state index >= 15 is 0 Å². The molecule has 0 aliphatic carbocycles. The van der Waals surface area contributed by atoms with Gasteiger partial charge in [0.25, 0.3) is 0 Å². The Bertz CT molecular complexity index is 275. The van der Waals surface area contributed by atoms with E-state index < -0.39 is 12.7 Å². The third-order valence-electron chi connectivity index (χ3n) is 4.25. The highest BCUT2D eigenvalue weighted by atomic mass is 19.4. The van der Waals surface area contributed by atoms with E-state index in [1.165, 1.54) is 17.7 Å². The van der Waals surface area contributed by atoms with Crippen molar-refractivity contribution in [3.63, 3.8) is 0 Å². The van der Waals surface area contributed by atoms with Crippen molar-refractivity contribution in [2.75, 3.05) is 45.8 Å². The molecular weight excluding hydrogens is 255 g/mol. The number of hydrogen-bond donors (Lipinski definition) is 1. The summed E-state index contributed by atoms with van der Waals surface area (Å²) in [4.78, 5) is 3.81. The first-order valence-corrected chi connectivity index (χ1v) is 7.19. The van der Waals surface area contributed by atoms with Gasteiger partial charge in [-0.25, -0.2) is 0 Å². The zero-order valence-corrected chi connectivity index (χ0v) is 11.5. The fourth-order valence-corrected chi connectivity index (χ4v) is 3.02. The van der Waals surface area contributed by atoms with E-state index in [-0.39, 0.29) is 0 Å². The van der Waals surface area contributed by atoms with Gasteiger partial charge in [-0.15, -0.1) is 0 Å². The number of hydrogen-bond acceptors (Lipinski definition) is 3. The van der Waals surface area contributed by atoms with Gasteiger partial charge in [-0.3, -0.25) is 9.80 Å². The maximum absolute atomic E-state index is 12.3. The van der Waals surface area contributed by atoms with Crippen LogP contribution in [0.5, 0.6) is 0 Å². The van der Waals surface area contributed by atoms with Crippen molar-refractivity contribution in [1.82, 2.24) is 15.1 Å². The van der Waals surface area contributed by atoms with Crippen molar-refractivity contribution in [3.8, 4) is 0 Å². The van der Waals surface area contributed by atoms with Crippen LogP contribution in [0.3, 0.4) is 0 Å². The van der Waals surface area contributed by atoms with Gasteiger partial charge >= 0.3 is 6.18 Å². The molecule has 0 aromatic rings. The topological polar surface area (TPSA) is 18.5 Å². The summed E-state index contributed by atoms with van der Waals surface area (Å²) in [5.41, 5.74) is 0. The summed E-state index contributed by atoms with van der Waals surface area (Å²) in [6, 6.07) is 0.503. The minimum Gasteiger partial charge on any atom is -0.312 e. The normalized spacial score (nSPS) is 31.6. The Kier molecular flexibility index (Phi) is 5.09. The minimum atomic E-state index is -4.07. The SMILES string of the molecule is CC1CCCNC1CN1CCN(CC(F)(F)F)CC1. The highest BCUT2D eigenvalue weighted by Crippen LogP contribution is 2.19. The van der Waals surface area contributed by atoms with Crippen molar-refractivity contribution in [2.24, 2.45) is 5.92 Å². The summed E-state index contributed by atoms with van der Waals surface area (Å²) in [6.45, 7) is 6.10. The van der Waals surface area contributed by atoms with Gasteiger partial charge < -0.3 is 5.32 Å². The zero-order chi connectivity index (χ0) is 13.9. The van der Waals surface area contributed by atoms with Crippen LogP contribution in [0.4, 0.5) is 13.2 Å². The molecule has 2 unspecified atom stereocenters. The summed E-state index contributed by atoms with van der Waals surface area (Å²) < 4.78 is 36.9. The molecule has 0 saturated carbocycles. The summed E-state index contributed by atoms with van der Waals surface area (Å²) >= 11 is 0. The lowest BCUT2D eigenvalue weighted by Gasteiger charge is -2.39. The smallest absolute Gasteiger partial charge is 0.312 e. The number of piperidine rings is 1. The molecular formula is C13H24F3N3. The van der Waals surface area contributed by atoms with Gasteiger partial charge in [0.15, 0.2) is 0 Å². The van der Waals surface area contributed by atoms with Crippen LogP contribution in [0, 0.1) is 5.92 Å². The predicted octanol–water partition coefficient (Wildman–Crippen LogP) is 1.55. The van der Waals surface area contributed by atoms with Crippen molar-refractivity contribution < 1.29 is 13.2 Å². The molecule has 2 rings (SSSR count). The number of piperazine rings is 1. The quantitative estimate of drug-likeness (QED) is 0.846. The van der Waals surface area contributed by atoms with Crippen molar-refractivity contribution in [1.29, 1.82) is 0 Å². The van der Waals surface area contributed by atoms with Crippen LogP contribution in [0.2, 0.25) is 0 Å². The zero-order valence-electron chi connectivity index (χ0n) is 11.5. The number of halogens is 3. The highest BCUT2D eigenvalue weighted by molar-refractivity contribution is 4.83. The highest BCUT2D eigenvalue weighted by Gasteiger charge is 2.32. The first-order valence-electron chi connectivity index (χ1n) is 7.19. The van der Waals surface area contributed by atoms with Crippen LogP contribution in [0.1, 0.15) is 19.8 Å². The standard InChI is InChI=1S/C13H24F3N3/c1-11-3-2-4-17-12(11)9-18-5-7-19(8-6-18)10-13(14,15)16/h11-12,17H,2-10H2,1H3. The van der Waals surface area contributed by atoms with Gasteiger partial charge in [-0.2, -0.15) is 13.2 Å². The third-order valence-corrected chi connectivity index (χ3v) is 4.25. The fraction of sp³-hybridized carbons (Fsp3) is 1.00. The average molecular weight is 279 g/mol. The molecule has 0 spiro atoms. The second-order valence-electron chi connectivity index (χ2n) is 5.87. The molecule has 0 amide bonds. The van der Waals surface area contributed by atoms with Crippen molar-refractivity contribution in [3.05, 3.63) is 0 Å². The Morgan fingerprint density at radius 1 is 1.11 bits per heavy atom. The number of nitrogens with one attached hydrogen (secondary N) is 1. The molecule has 0 aromatic carbocycles.